The summed E-state index contributed by atoms with van der Waals surface area (Å²) >= 11 is 1.76. The highest BCUT2D eigenvalue weighted by Gasteiger charge is 2.24. The van der Waals surface area contributed by atoms with Crippen LogP contribution in [0.5, 0.6) is 5.75 Å². The molecule has 0 spiro atoms. The van der Waals surface area contributed by atoms with E-state index >= 15 is 0 Å². The number of carbonyl (C=O) groups excluding carboxylic acids is 1. The molecule has 1 saturated heterocycles. The molecule has 3 rings (SSSR count). The largest absolute Gasteiger partial charge is 0.492 e. The van der Waals surface area contributed by atoms with Crippen LogP contribution in [-0.4, -0.2) is 43.7 Å². The predicted molar refractivity (Wildman–Crippen MR) is 106 cm³/mol. The molecular formula is C20H27N3O2S. The minimum absolute atomic E-state index is 0.140. The van der Waals surface area contributed by atoms with E-state index in [2.05, 4.69) is 33.0 Å². The van der Waals surface area contributed by atoms with Crippen molar-refractivity contribution in [3.63, 3.8) is 0 Å². The van der Waals surface area contributed by atoms with Crippen LogP contribution in [0.3, 0.4) is 0 Å². The summed E-state index contributed by atoms with van der Waals surface area (Å²) in [7, 11) is 0. The molecule has 0 radical (unpaired) electrons. The van der Waals surface area contributed by atoms with Gasteiger partial charge in [-0.05, 0) is 62.0 Å². The fraction of sp³-hybridized carbons (Fsp3) is 0.450. The molecular weight excluding hydrogens is 346 g/mol. The van der Waals surface area contributed by atoms with Gasteiger partial charge in [0, 0.05) is 11.4 Å². The molecule has 26 heavy (non-hydrogen) atoms. The lowest BCUT2D eigenvalue weighted by molar-refractivity contribution is 0.220. The molecule has 1 atom stereocenters. The van der Waals surface area contributed by atoms with E-state index in [1.807, 2.05) is 31.2 Å². The number of amides is 2. The average Bonchev–Trinajstić information content (AvgIpc) is 3.33. The summed E-state index contributed by atoms with van der Waals surface area (Å²) < 4.78 is 5.65. The first-order chi connectivity index (χ1) is 12.7. The molecule has 2 heterocycles. The molecule has 0 saturated carbocycles. The van der Waals surface area contributed by atoms with Crippen LogP contribution in [0.4, 0.5) is 4.79 Å². The van der Waals surface area contributed by atoms with Crippen LogP contribution in [0.2, 0.25) is 0 Å². The first-order valence-electron chi connectivity index (χ1n) is 9.21. The van der Waals surface area contributed by atoms with E-state index < -0.39 is 0 Å². The quantitative estimate of drug-likeness (QED) is 0.696. The zero-order chi connectivity index (χ0) is 18.2. The Morgan fingerprint density at radius 2 is 2.08 bits per heavy atom. The van der Waals surface area contributed by atoms with Crippen LogP contribution < -0.4 is 15.4 Å². The second kappa shape index (κ2) is 9.59. The van der Waals surface area contributed by atoms with E-state index in [0.29, 0.717) is 19.7 Å². The molecule has 1 aliphatic heterocycles. The molecule has 1 unspecified atom stereocenters. The summed E-state index contributed by atoms with van der Waals surface area (Å²) in [5.74, 6) is 0.832. The Bertz CT molecular complexity index is 684. The number of nitrogens with one attached hydrogen (secondary N) is 2. The molecule has 1 aromatic heterocycles. The molecule has 2 aromatic rings. The molecule has 2 amide bonds. The third kappa shape index (κ3) is 5.47. The smallest absolute Gasteiger partial charge is 0.314 e. The van der Waals surface area contributed by atoms with Gasteiger partial charge in [0.1, 0.15) is 12.4 Å². The highest BCUT2D eigenvalue weighted by Crippen LogP contribution is 2.27. The van der Waals surface area contributed by atoms with Gasteiger partial charge in [0.2, 0.25) is 0 Å². The highest BCUT2D eigenvalue weighted by atomic mass is 32.1. The Morgan fingerprint density at radius 1 is 1.23 bits per heavy atom. The van der Waals surface area contributed by atoms with E-state index in [4.69, 9.17) is 4.74 Å². The fourth-order valence-electron chi connectivity index (χ4n) is 3.23. The summed E-state index contributed by atoms with van der Waals surface area (Å²) in [6.07, 6.45) is 2.48. The fourth-order valence-corrected chi connectivity index (χ4v) is 4.10. The molecule has 1 aromatic carbocycles. The van der Waals surface area contributed by atoms with Crippen LogP contribution in [0.25, 0.3) is 0 Å². The third-order valence-electron chi connectivity index (χ3n) is 4.55. The van der Waals surface area contributed by atoms with Gasteiger partial charge in [0.25, 0.3) is 0 Å². The summed E-state index contributed by atoms with van der Waals surface area (Å²) in [6.45, 7) is 5.81. The van der Waals surface area contributed by atoms with Crippen LogP contribution in [0.1, 0.15) is 29.3 Å². The number of aryl methyl sites for hydroxylation is 1. The summed E-state index contributed by atoms with van der Waals surface area (Å²) in [4.78, 5) is 15.9. The molecule has 140 valence electrons. The molecule has 1 fully saturated rings. The summed E-state index contributed by atoms with van der Waals surface area (Å²) in [5, 5.41) is 7.98. The SMILES string of the molecule is Cc1cccc(OCCNC(=O)NCC(c2cccs2)N2CCCC2)c1. The van der Waals surface area contributed by atoms with Crippen molar-refractivity contribution in [2.24, 2.45) is 0 Å². The predicted octanol–water partition coefficient (Wildman–Crippen LogP) is 3.57. The topological polar surface area (TPSA) is 53.6 Å². The molecule has 0 bridgehead atoms. The van der Waals surface area contributed by atoms with Gasteiger partial charge in [-0.2, -0.15) is 0 Å². The molecule has 2 N–H and O–H groups in total. The maximum absolute atomic E-state index is 12.1. The second-order valence-corrected chi connectivity index (χ2v) is 7.56. The number of hydrogen-bond donors (Lipinski definition) is 2. The maximum atomic E-state index is 12.1. The van der Waals surface area contributed by atoms with Crippen LogP contribution in [0.15, 0.2) is 41.8 Å². The highest BCUT2D eigenvalue weighted by molar-refractivity contribution is 7.10. The van der Waals surface area contributed by atoms with Crippen LogP contribution in [0, 0.1) is 6.92 Å². The van der Waals surface area contributed by atoms with E-state index in [0.717, 1.165) is 24.4 Å². The van der Waals surface area contributed by atoms with Crippen molar-refractivity contribution in [3.05, 3.63) is 52.2 Å². The first-order valence-corrected chi connectivity index (χ1v) is 10.1. The molecule has 0 aliphatic carbocycles. The maximum Gasteiger partial charge on any atom is 0.314 e. The van der Waals surface area contributed by atoms with Crippen molar-refractivity contribution >= 4 is 17.4 Å². The number of rotatable bonds is 8. The number of benzene rings is 1. The number of urea groups is 1. The monoisotopic (exact) mass is 373 g/mol. The Labute approximate surface area is 159 Å². The zero-order valence-corrected chi connectivity index (χ0v) is 16.1. The summed E-state index contributed by atoms with van der Waals surface area (Å²) in [6, 6.07) is 12.3. The van der Waals surface area contributed by atoms with E-state index in [1.54, 1.807) is 11.3 Å². The Hall–Kier alpha value is -2.05. The number of likely N-dealkylation sites (tertiary alicyclic amines) is 1. The Morgan fingerprint density at radius 3 is 2.81 bits per heavy atom. The molecule has 6 heteroatoms. The van der Waals surface area contributed by atoms with Crippen LogP contribution >= 0.6 is 11.3 Å². The standard InChI is InChI=1S/C20H27N3O2S/c1-16-6-4-7-17(14-16)25-12-9-21-20(24)22-15-18(19-8-5-13-26-19)23-10-2-3-11-23/h4-8,13-14,18H,2-3,9-12,15H2,1H3,(H2,21,22,24). The van der Waals surface area contributed by atoms with Gasteiger partial charge >= 0.3 is 6.03 Å². The van der Waals surface area contributed by atoms with Gasteiger partial charge in [-0.1, -0.05) is 18.2 Å². The number of carbonyl (C=O) groups is 1. The number of thiophene rings is 1. The Kier molecular flexibility index (Phi) is 6.91. The summed E-state index contributed by atoms with van der Waals surface area (Å²) in [5.41, 5.74) is 1.16. The van der Waals surface area contributed by atoms with Gasteiger partial charge in [-0.3, -0.25) is 4.90 Å². The second-order valence-electron chi connectivity index (χ2n) is 6.58. The number of nitrogens with zero attached hydrogens (tertiary/aromatic N) is 1. The number of ether oxygens (including phenoxy) is 1. The van der Waals surface area contributed by atoms with E-state index in [-0.39, 0.29) is 12.1 Å². The van der Waals surface area contributed by atoms with Crippen molar-refractivity contribution in [1.29, 1.82) is 0 Å². The van der Waals surface area contributed by atoms with Gasteiger partial charge in [-0.15, -0.1) is 11.3 Å². The van der Waals surface area contributed by atoms with Crippen molar-refractivity contribution < 1.29 is 9.53 Å². The van der Waals surface area contributed by atoms with Crippen molar-refractivity contribution in [1.82, 2.24) is 15.5 Å². The third-order valence-corrected chi connectivity index (χ3v) is 5.53. The van der Waals surface area contributed by atoms with Gasteiger partial charge in [0.05, 0.1) is 12.6 Å². The lowest BCUT2D eigenvalue weighted by atomic mass is 10.2. The van der Waals surface area contributed by atoms with Crippen molar-refractivity contribution in [2.45, 2.75) is 25.8 Å². The van der Waals surface area contributed by atoms with Gasteiger partial charge in [-0.25, -0.2) is 4.79 Å². The lowest BCUT2D eigenvalue weighted by Crippen LogP contribution is -2.42. The van der Waals surface area contributed by atoms with E-state index in [9.17, 15) is 4.79 Å². The minimum Gasteiger partial charge on any atom is -0.492 e. The zero-order valence-electron chi connectivity index (χ0n) is 15.2. The van der Waals surface area contributed by atoms with Crippen molar-refractivity contribution in [2.75, 3.05) is 32.8 Å². The lowest BCUT2D eigenvalue weighted by Gasteiger charge is -2.26. The minimum atomic E-state index is -0.140. The molecule has 5 nitrogen and oxygen atoms in total. The van der Waals surface area contributed by atoms with Crippen molar-refractivity contribution in [3.8, 4) is 5.75 Å². The van der Waals surface area contributed by atoms with E-state index in [1.165, 1.54) is 17.7 Å². The first kappa shape index (κ1) is 18.7. The average molecular weight is 374 g/mol. The van der Waals surface area contributed by atoms with Gasteiger partial charge < -0.3 is 15.4 Å². The van der Waals surface area contributed by atoms with Crippen LogP contribution in [-0.2, 0) is 0 Å². The van der Waals surface area contributed by atoms with Gasteiger partial charge in [0.15, 0.2) is 0 Å². The Balaban J connectivity index is 1.39. The normalized spacial score (nSPS) is 15.6. The molecule has 1 aliphatic rings. The number of hydrogen-bond acceptors (Lipinski definition) is 4.